The lowest BCUT2D eigenvalue weighted by Gasteiger charge is -2.23. The zero-order valence-corrected chi connectivity index (χ0v) is 14.2. The summed E-state index contributed by atoms with van der Waals surface area (Å²) in [4.78, 5) is 4.62. The fourth-order valence-corrected chi connectivity index (χ4v) is 3.72. The molecule has 1 atom stereocenters. The summed E-state index contributed by atoms with van der Waals surface area (Å²) >= 11 is 0. The van der Waals surface area contributed by atoms with E-state index >= 15 is 0 Å². The van der Waals surface area contributed by atoms with E-state index in [1.165, 1.54) is 22.4 Å². The van der Waals surface area contributed by atoms with Crippen LogP contribution in [0.3, 0.4) is 0 Å². The van der Waals surface area contributed by atoms with E-state index in [1.807, 2.05) is 6.07 Å². The van der Waals surface area contributed by atoms with E-state index in [-0.39, 0.29) is 6.04 Å². The molecule has 5 nitrogen and oxygen atoms in total. The Morgan fingerprint density at radius 1 is 1.17 bits per heavy atom. The molecule has 5 heteroatoms. The third-order valence-electron chi connectivity index (χ3n) is 4.88. The summed E-state index contributed by atoms with van der Waals surface area (Å²) in [5, 5.41) is 0. The van der Waals surface area contributed by atoms with Gasteiger partial charge >= 0.3 is 0 Å². The molecule has 1 unspecified atom stereocenters. The molecule has 0 aliphatic carbocycles. The Balaban J connectivity index is 1.61. The minimum Gasteiger partial charge on any atom is -0.454 e. The van der Waals surface area contributed by atoms with Crippen molar-refractivity contribution in [2.24, 2.45) is 5.73 Å². The lowest BCUT2D eigenvalue weighted by molar-refractivity contribution is 0.173. The zero-order valence-electron chi connectivity index (χ0n) is 14.2. The number of nitrogens with zero attached hydrogens (tertiary/aromatic N) is 2. The Hall–Kier alpha value is -2.24. The van der Waals surface area contributed by atoms with Crippen molar-refractivity contribution in [3.8, 4) is 11.5 Å². The molecule has 0 fully saturated rings. The van der Waals surface area contributed by atoms with Crippen molar-refractivity contribution in [1.82, 2.24) is 4.90 Å². The molecular formula is C19H23N3O2. The van der Waals surface area contributed by atoms with Gasteiger partial charge in [0.1, 0.15) is 0 Å². The van der Waals surface area contributed by atoms with E-state index in [4.69, 9.17) is 15.2 Å². The molecule has 0 amide bonds. The maximum Gasteiger partial charge on any atom is 0.231 e. The molecular weight excluding hydrogens is 302 g/mol. The first-order chi connectivity index (χ1) is 11.7. The SMILES string of the molecule is CN(C)c1cccc2c1CN(Cc1ccc3c(c1)OCO3)C2CN. The number of benzene rings is 2. The first kappa shape index (κ1) is 15.3. The van der Waals surface area contributed by atoms with Crippen molar-refractivity contribution in [2.75, 3.05) is 32.3 Å². The quantitative estimate of drug-likeness (QED) is 0.936. The summed E-state index contributed by atoms with van der Waals surface area (Å²) in [6.45, 7) is 2.69. The molecule has 24 heavy (non-hydrogen) atoms. The summed E-state index contributed by atoms with van der Waals surface area (Å²) in [6, 6.07) is 12.9. The predicted octanol–water partition coefficient (Wildman–Crippen LogP) is 2.50. The van der Waals surface area contributed by atoms with Crippen molar-refractivity contribution in [2.45, 2.75) is 19.1 Å². The first-order valence-corrected chi connectivity index (χ1v) is 8.29. The zero-order chi connectivity index (χ0) is 16.7. The van der Waals surface area contributed by atoms with Gasteiger partial charge in [0.05, 0.1) is 0 Å². The van der Waals surface area contributed by atoms with Gasteiger partial charge in [-0.1, -0.05) is 18.2 Å². The highest BCUT2D eigenvalue weighted by Crippen LogP contribution is 2.40. The second-order valence-electron chi connectivity index (χ2n) is 6.58. The Labute approximate surface area is 142 Å². The minimum absolute atomic E-state index is 0.255. The van der Waals surface area contributed by atoms with E-state index in [1.54, 1.807) is 0 Å². The van der Waals surface area contributed by atoms with Gasteiger partial charge in [-0.3, -0.25) is 4.90 Å². The number of nitrogens with two attached hydrogens (primary N) is 1. The van der Waals surface area contributed by atoms with Gasteiger partial charge in [-0.15, -0.1) is 0 Å². The van der Waals surface area contributed by atoms with Gasteiger partial charge in [0.25, 0.3) is 0 Å². The summed E-state index contributed by atoms with van der Waals surface area (Å²) in [5.41, 5.74) is 11.3. The van der Waals surface area contributed by atoms with Crippen LogP contribution >= 0.6 is 0 Å². The highest BCUT2D eigenvalue weighted by Gasteiger charge is 2.31. The maximum absolute atomic E-state index is 6.11. The molecule has 0 aromatic heterocycles. The Morgan fingerprint density at radius 3 is 2.79 bits per heavy atom. The number of fused-ring (bicyclic) bond motifs is 2. The lowest BCUT2D eigenvalue weighted by atomic mass is 10.0. The molecule has 2 aromatic carbocycles. The summed E-state index contributed by atoms with van der Waals surface area (Å²) < 4.78 is 10.9. The number of anilines is 1. The summed E-state index contributed by atoms with van der Waals surface area (Å²) in [5.74, 6) is 1.66. The Kier molecular flexibility index (Phi) is 3.82. The highest BCUT2D eigenvalue weighted by molar-refractivity contribution is 5.58. The smallest absolute Gasteiger partial charge is 0.231 e. The van der Waals surface area contributed by atoms with E-state index < -0.39 is 0 Å². The van der Waals surface area contributed by atoms with Gasteiger partial charge in [0.2, 0.25) is 6.79 Å². The highest BCUT2D eigenvalue weighted by atomic mass is 16.7. The first-order valence-electron chi connectivity index (χ1n) is 8.29. The molecule has 2 aliphatic rings. The minimum atomic E-state index is 0.255. The van der Waals surface area contributed by atoms with Crippen LogP contribution in [0.1, 0.15) is 22.7 Å². The van der Waals surface area contributed by atoms with Gasteiger partial charge in [-0.05, 0) is 34.9 Å². The molecule has 126 valence electrons. The van der Waals surface area contributed by atoms with E-state index in [9.17, 15) is 0 Å². The van der Waals surface area contributed by atoms with Gasteiger partial charge in [-0.25, -0.2) is 0 Å². The second-order valence-corrected chi connectivity index (χ2v) is 6.58. The largest absolute Gasteiger partial charge is 0.454 e. The van der Waals surface area contributed by atoms with Crippen LogP contribution in [-0.4, -0.2) is 32.3 Å². The Bertz CT molecular complexity index is 760. The predicted molar refractivity (Wildman–Crippen MR) is 94.4 cm³/mol. The van der Waals surface area contributed by atoms with Crippen LogP contribution in [0.2, 0.25) is 0 Å². The molecule has 0 bridgehead atoms. The van der Waals surface area contributed by atoms with Gasteiger partial charge in [0, 0.05) is 45.5 Å². The molecule has 0 saturated heterocycles. The second kappa shape index (κ2) is 6.00. The number of hydrogen-bond acceptors (Lipinski definition) is 5. The van der Waals surface area contributed by atoms with Crippen LogP contribution in [0.25, 0.3) is 0 Å². The summed E-state index contributed by atoms with van der Waals surface area (Å²) in [7, 11) is 4.18. The maximum atomic E-state index is 6.11. The van der Waals surface area contributed by atoms with Crippen molar-refractivity contribution >= 4 is 5.69 Å². The number of rotatable bonds is 4. The average Bonchev–Trinajstić information content (AvgIpc) is 3.17. The Morgan fingerprint density at radius 2 is 2.00 bits per heavy atom. The van der Waals surface area contributed by atoms with Crippen molar-refractivity contribution in [1.29, 1.82) is 0 Å². The molecule has 0 radical (unpaired) electrons. The lowest BCUT2D eigenvalue weighted by Crippen LogP contribution is -2.27. The van der Waals surface area contributed by atoms with Crippen LogP contribution in [0.5, 0.6) is 11.5 Å². The monoisotopic (exact) mass is 325 g/mol. The fourth-order valence-electron chi connectivity index (χ4n) is 3.72. The van der Waals surface area contributed by atoms with Crippen LogP contribution in [0.15, 0.2) is 36.4 Å². The molecule has 4 rings (SSSR count). The van der Waals surface area contributed by atoms with Gasteiger partial charge < -0.3 is 20.1 Å². The molecule has 2 aliphatic heterocycles. The van der Waals surface area contributed by atoms with Crippen molar-refractivity contribution < 1.29 is 9.47 Å². The third kappa shape index (κ3) is 2.50. The average molecular weight is 325 g/mol. The third-order valence-corrected chi connectivity index (χ3v) is 4.88. The standard InChI is InChI=1S/C19H23N3O2/c1-21(2)16-5-3-4-14-15(16)11-22(17(14)9-20)10-13-6-7-18-19(8-13)24-12-23-18/h3-8,17H,9-12,20H2,1-2H3. The molecule has 2 heterocycles. The van der Waals surface area contributed by atoms with Gasteiger partial charge in [-0.2, -0.15) is 0 Å². The molecule has 0 saturated carbocycles. The molecule has 2 N–H and O–H groups in total. The van der Waals surface area contributed by atoms with Crippen LogP contribution < -0.4 is 20.1 Å². The summed E-state index contributed by atoms with van der Waals surface area (Å²) in [6.07, 6.45) is 0. The van der Waals surface area contributed by atoms with Crippen molar-refractivity contribution in [3.05, 3.63) is 53.1 Å². The number of hydrogen-bond donors (Lipinski definition) is 1. The molecule has 0 spiro atoms. The fraction of sp³-hybridized carbons (Fsp3) is 0.368. The van der Waals surface area contributed by atoms with E-state index in [0.717, 1.165) is 24.6 Å². The van der Waals surface area contributed by atoms with E-state index in [0.29, 0.717) is 13.3 Å². The van der Waals surface area contributed by atoms with Crippen LogP contribution in [0, 0.1) is 0 Å². The van der Waals surface area contributed by atoms with E-state index in [2.05, 4.69) is 54.2 Å². The topological polar surface area (TPSA) is 51.0 Å². The number of ether oxygens (including phenoxy) is 2. The van der Waals surface area contributed by atoms with Crippen LogP contribution in [-0.2, 0) is 13.1 Å². The van der Waals surface area contributed by atoms with Gasteiger partial charge in [0.15, 0.2) is 11.5 Å². The van der Waals surface area contributed by atoms with Crippen molar-refractivity contribution in [3.63, 3.8) is 0 Å². The normalized spacial score (nSPS) is 18.7. The van der Waals surface area contributed by atoms with Crippen LogP contribution in [0.4, 0.5) is 5.69 Å². The molecule has 2 aromatic rings.